The number of nitrogens with zero attached hydrogens (tertiary/aromatic N) is 2. The van der Waals surface area contributed by atoms with Crippen LogP contribution in [0.3, 0.4) is 0 Å². The van der Waals surface area contributed by atoms with Gasteiger partial charge in [0.25, 0.3) is 0 Å². The van der Waals surface area contributed by atoms with Crippen molar-refractivity contribution in [2.75, 3.05) is 18.9 Å². The molecule has 23 heavy (non-hydrogen) atoms. The Morgan fingerprint density at radius 3 is 3.09 bits per heavy atom. The van der Waals surface area contributed by atoms with Crippen molar-refractivity contribution in [3.05, 3.63) is 59.0 Å². The van der Waals surface area contributed by atoms with Crippen molar-refractivity contribution in [1.29, 1.82) is 0 Å². The fourth-order valence-electron chi connectivity index (χ4n) is 2.64. The standard InChI is InChI=1S/C17H18FN3OS/c1-11-6-13(10-21(11)2)16(22)20-17-19-9-15(23-17)8-12-4-3-5-14(18)7-12/h3-5,7,9,13H,1,6,8,10H2,2H3,(H,19,20,22). The number of nitrogens with one attached hydrogen (secondary N) is 1. The van der Waals surface area contributed by atoms with Gasteiger partial charge in [-0.2, -0.15) is 0 Å². The first-order valence-corrected chi connectivity index (χ1v) is 8.22. The fourth-order valence-corrected chi connectivity index (χ4v) is 3.49. The molecule has 1 saturated heterocycles. The number of hydrogen-bond donors (Lipinski definition) is 1. The van der Waals surface area contributed by atoms with E-state index in [0.29, 0.717) is 24.5 Å². The van der Waals surface area contributed by atoms with Crippen LogP contribution in [0.15, 0.2) is 42.7 Å². The first-order chi connectivity index (χ1) is 11.0. The summed E-state index contributed by atoms with van der Waals surface area (Å²) in [6.07, 6.45) is 3.02. The average Bonchev–Trinajstić information content (AvgIpc) is 3.06. The van der Waals surface area contributed by atoms with Crippen molar-refractivity contribution in [2.24, 2.45) is 5.92 Å². The molecule has 1 aliphatic rings. The number of likely N-dealkylation sites (tertiary alicyclic amines) is 1. The van der Waals surface area contributed by atoms with Crippen molar-refractivity contribution in [1.82, 2.24) is 9.88 Å². The van der Waals surface area contributed by atoms with Gasteiger partial charge in [-0.1, -0.05) is 18.7 Å². The van der Waals surface area contributed by atoms with Crippen LogP contribution in [0.1, 0.15) is 16.9 Å². The lowest BCUT2D eigenvalue weighted by Gasteiger charge is -2.11. The summed E-state index contributed by atoms with van der Waals surface area (Å²) in [5.41, 5.74) is 1.87. The highest BCUT2D eigenvalue weighted by Gasteiger charge is 2.28. The Hall–Kier alpha value is -2.21. The Bertz CT molecular complexity index is 743. The summed E-state index contributed by atoms with van der Waals surface area (Å²) in [7, 11) is 1.94. The molecular weight excluding hydrogens is 313 g/mol. The number of rotatable bonds is 4. The van der Waals surface area contributed by atoms with E-state index in [2.05, 4.69) is 16.9 Å². The maximum absolute atomic E-state index is 13.2. The fraction of sp³-hybridized carbons (Fsp3) is 0.294. The molecule has 1 aromatic carbocycles. The maximum Gasteiger partial charge on any atom is 0.231 e. The Kier molecular flexibility index (Phi) is 4.43. The predicted molar refractivity (Wildman–Crippen MR) is 89.8 cm³/mol. The normalized spacial score (nSPS) is 17.6. The quantitative estimate of drug-likeness (QED) is 0.935. The number of benzene rings is 1. The number of allylic oxidation sites excluding steroid dienone is 1. The highest BCUT2D eigenvalue weighted by molar-refractivity contribution is 7.15. The zero-order chi connectivity index (χ0) is 16.4. The van der Waals surface area contributed by atoms with Crippen LogP contribution >= 0.6 is 11.3 Å². The van der Waals surface area contributed by atoms with Gasteiger partial charge in [-0.25, -0.2) is 9.37 Å². The summed E-state index contributed by atoms with van der Waals surface area (Å²) in [6, 6.07) is 6.51. The predicted octanol–water partition coefficient (Wildman–Crippen LogP) is 3.28. The Labute approximate surface area is 138 Å². The zero-order valence-electron chi connectivity index (χ0n) is 12.9. The molecule has 1 amide bonds. The van der Waals surface area contributed by atoms with Gasteiger partial charge >= 0.3 is 0 Å². The third kappa shape index (κ3) is 3.76. The molecule has 0 spiro atoms. The van der Waals surface area contributed by atoms with Crippen LogP contribution in [0.4, 0.5) is 9.52 Å². The first-order valence-electron chi connectivity index (χ1n) is 7.40. The lowest BCUT2D eigenvalue weighted by Crippen LogP contribution is -2.25. The monoisotopic (exact) mass is 331 g/mol. The van der Waals surface area contributed by atoms with Crippen LogP contribution < -0.4 is 5.32 Å². The van der Waals surface area contributed by atoms with E-state index < -0.39 is 0 Å². The van der Waals surface area contributed by atoms with Gasteiger partial charge in [-0.15, -0.1) is 11.3 Å². The molecule has 1 atom stereocenters. The summed E-state index contributed by atoms with van der Waals surface area (Å²) in [5.74, 6) is -0.351. The smallest absolute Gasteiger partial charge is 0.231 e. The number of aromatic nitrogens is 1. The van der Waals surface area contributed by atoms with E-state index in [1.54, 1.807) is 12.3 Å². The van der Waals surface area contributed by atoms with E-state index in [1.807, 2.05) is 18.0 Å². The lowest BCUT2D eigenvalue weighted by molar-refractivity contribution is -0.119. The van der Waals surface area contributed by atoms with Gasteiger partial charge in [0.1, 0.15) is 5.82 Å². The van der Waals surface area contributed by atoms with Gasteiger partial charge < -0.3 is 10.2 Å². The van der Waals surface area contributed by atoms with Gasteiger partial charge in [-0.3, -0.25) is 4.79 Å². The van der Waals surface area contributed by atoms with Gasteiger partial charge in [-0.05, 0) is 17.7 Å². The number of carbonyl (C=O) groups excluding carboxylic acids is 1. The maximum atomic E-state index is 13.2. The molecule has 0 saturated carbocycles. The second kappa shape index (κ2) is 6.50. The van der Waals surface area contributed by atoms with E-state index in [1.165, 1.54) is 23.5 Å². The van der Waals surface area contributed by atoms with E-state index in [4.69, 9.17) is 0 Å². The third-order valence-corrected chi connectivity index (χ3v) is 4.85. The van der Waals surface area contributed by atoms with E-state index >= 15 is 0 Å². The molecule has 2 heterocycles. The van der Waals surface area contributed by atoms with Crippen LogP contribution in [0, 0.1) is 11.7 Å². The molecular formula is C17H18FN3OS. The zero-order valence-corrected chi connectivity index (χ0v) is 13.7. The van der Waals surface area contributed by atoms with Crippen molar-refractivity contribution < 1.29 is 9.18 Å². The second-order valence-electron chi connectivity index (χ2n) is 5.78. The molecule has 0 aliphatic carbocycles. The number of hydrogen-bond acceptors (Lipinski definition) is 4. The number of anilines is 1. The minimum absolute atomic E-state index is 0.0258. The highest BCUT2D eigenvalue weighted by atomic mass is 32.1. The first kappa shape index (κ1) is 15.7. The molecule has 1 unspecified atom stereocenters. The molecule has 1 N–H and O–H groups in total. The molecule has 4 nitrogen and oxygen atoms in total. The summed E-state index contributed by atoms with van der Waals surface area (Å²) >= 11 is 1.42. The SMILES string of the molecule is C=C1CC(C(=O)Nc2ncc(Cc3cccc(F)c3)s2)CN1C. The van der Waals surface area contributed by atoms with E-state index in [9.17, 15) is 9.18 Å². The molecule has 1 aliphatic heterocycles. The highest BCUT2D eigenvalue weighted by Crippen LogP contribution is 2.26. The molecule has 2 aromatic rings. The molecule has 120 valence electrons. The Balaban J connectivity index is 1.61. The molecule has 1 aromatic heterocycles. The van der Waals surface area contributed by atoms with Gasteiger partial charge in [0, 0.05) is 43.2 Å². The third-order valence-electron chi connectivity index (χ3n) is 3.94. The van der Waals surface area contributed by atoms with Crippen molar-refractivity contribution in [3.63, 3.8) is 0 Å². The van der Waals surface area contributed by atoms with E-state index in [-0.39, 0.29) is 17.6 Å². The van der Waals surface area contributed by atoms with Crippen LogP contribution in [-0.2, 0) is 11.2 Å². The van der Waals surface area contributed by atoms with Crippen LogP contribution in [-0.4, -0.2) is 29.4 Å². The number of carbonyl (C=O) groups is 1. The van der Waals surface area contributed by atoms with Crippen LogP contribution in [0.2, 0.25) is 0 Å². The molecule has 3 rings (SSSR count). The largest absolute Gasteiger partial charge is 0.378 e. The van der Waals surface area contributed by atoms with Crippen molar-refractivity contribution >= 4 is 22.4 Å². The van der Waals surface area contributed by atoms with Crippen molar-refractivity contribution in [3.8, 4) is 0 Å². The Morgan fingerprint density at radius 2 is 2.39 bits per heavy atom. The number of halogens is 1. The summed E-state index contributed by atoms with van der Waals surface area (Å²) < 4.78 is 13.2. The summed E-state index contributed by atoms with van der Waals surface area (Å²) in [5, 5.41) is 3.45. The second-order valence-corrected chi connectivity index (χ2v) is 6.89. The molecule has 0 bridgehead atoms. The number of amides is 1. The van der Waals surface area contributed by atoms with Gasteiger partial charge in [0.15, 0.2) is 5.13 Å². The van der Waals surface area contributed by atoms with Crippen LogP contribution in [0.25, 0.3) is 0 Å². The lowest BCUT2D eigenvalue weighted by atomic mass is 10.1. The van der Waals surface area contributed by atoms with Crippen molar-refractivity contribution in [2.45, 2.75) is 12.8 Å². The van der Waals surface area contributed by atoms with Gasteiger partial charge in [0.2, 0.25) is 5.91 Å². The number of thiazole rings is 1. The van der Waals surface area contributed by atoms with Crippen LogP contribution in [0.5, 0.6) is 0 Å². The van der Waals surface area contributed by atoms with Gasteiger partial charge in [0.05, 0.1) is 5.92 Å². The summed E-state index contributed by atoms with van der Waals surface area (Å²) in [4.78, 5) is 19.5. The molecule has 6 heteroatoms. The molecule has 1 fully saturated rings. The summed E-state index contributed by atoms with van der Waals surface area (Å²) in [6.45, 7) is 4.62. The minimum Gasteiger partial charge on any atom is -0.378 e. The minimum atomic E-state index is -0.244. The topological polar surface area (TPSA) is 45.2 Å². The Morgan fingerprint density at radius 1 is 1.57 bits per heavy atom. The average molecular weight is 331 g/mol. The molecule has 0 radical (unpaired) electrons. The van der Waals surface area contributed by atoms with E-state index in [0.717, 1.165) is 16.1 Å².